The van der Waals surface area contributed by atoms with Gasteiger partial charge in [-0.2, -0.15) is 5.26 Å². The number of benzene rings is 1. The molecule has 1 N–H and O–H groups in total. The zero-order valence-electron chi connectivity index (χ0n) is 13.1. The largest absolute Gasteiger partial charge is 0.494 e. The van der Waals surface area contributed by atoms with Crippen molar-refractivity contribution in [3.05, 3.63) is 46.2 Å². The summed E-state index contributed by atoms with van der Waals surface area (Å²) in [4.78, 5) is 14.5. The SMILES string of the molecule is CCOc1cc(OCCOC)cc(-c2ccc(C#N)c(=O)[nH]2)c1. The summed E-state index contributed by atoms with van der Waals surface area (Å²) in [6.45, 7) is 3.30. The van der Waals surface area contributed by atoms with E-state index < -0.39 is 5.56 Å². The number of nitrogens with zero attached hydrogens (tertiary/aromatic N) is 1. The van der Waals surface area contributed by atoms with Crippen molar-refractivity contribution in [2.75, 3.05) is 26.9 Å². The Hall–Kier alpha value is -2.78. The third-order valence-electron chi connectivity index (χ3n) is 3.09. The van der Waals surface area contributed by atoms with Crippen molar-refractivity contribution < 1.29 is 14.2 Å². The van der Waals surface area contributed by atoms with Crippen LogP contribution in [-0.4, -0.2) is 31.9 Å². The van der Waals surface area contributed by atoms with Gasteiger partial charge >= 0.3 is 0 Å². The number of hydrogen-bond donors (Lipinski definition) is 1. The third-order valence-corrected chi connectivity index (χ3v) is 3.09. The van der Waals surface area contributed by atoms with Crippen LogP contribution in [0.25, 0.3) is 11.3 Å². The van der Waals surface area contributed by atoms with E-state index in [1.54, 1.807) is 25.3 Å². The quantitative estimate of drug-likeness (QED) is 0.793. The number of nitriles is 1. The van der Waals surface area contributed by atoms with Crippen molar-refractivity contribution in [1.29, 1.82) is 5.26 Å². The summed E-state index contributed by atoms with van der Waals surface area (Å²) in [5.74, 6) is 1.26. The van der Waals surface area contributed by atoms with Gasteiger partial charge in [0, 0.05) is 24.4 Å². The number of methoxy groups -OCH3 is 1. The molecule has 120 valence electrons. The van der Waals surface area contributed by atoms with Crippen molar-refractivity contribution in [2.24, 2.45) is 0 Å². The number of H-pyrrole nitrogens is 1. The molecule has 0 saturated carbocycles. The molecule has 0 radical (unpaired) electrons. The van der Waals surface area contributed by atoms with Crippen LogP contribution in [-0.2, 0) is 4.74 Å². The van der Waals surface area contributed by atoms with Gasteiger partial charge in [0.1, 0.15) is 29.7 Å². The molecular weight excluding hydrogens is 296 g/mol. The first-order chi connectivity index (χ1) is 11.2. The number of aromatic amines is 1. The fraction of sp³-hybridized carbons (Fsp3) is 0.294. The molecule has 0 amide bonds. The highest BCUT2D eigenvalue weighted by Gasteiger charge is 2.08. The van der Waals surface area contributed by atoms with Gasteiger partial charge in [0.2, 0.25) is 0 Å². The summed E-state index contributed by atoms with van der Waals surface area (Å²) in [5, 5.41) is 8.84. The van der Waals surface area contributed by atoms with E-state index in [9.17, 15) is 4.79 Å². The monoisotopic (exact) mass is 314 g/mol. The van der Waals surface area contributed by atoms with Gasteiger partial charge in [-0.25, -0.2) is 0 Å². The fourth-order valence-electron chi connectivity index (χ4n) is 2.03. The topological polar surface area (TPSA) is 84.3 Å². The molecule has 0 aliphatic carbocycles. The number of hydrogen-bond acceptors (Lipinski definition) is 5. The molecule has 6 heteroatoms. The Morgan fingerprint density at radius 1 is 1.13 bits per heavy atom. The highest BCUT2D eigenvalue weighted by molar-refractivity contribution is 5.64. The Balaban J connectivity index is 2.38. The summed E-state index contributed by atoms with van der Waals surface area (Å²) in [5.41, 5.74) is 0.983. The average Bonchev–Trinajstić information content (AvgIpc) is 2.55. The minimum Gasteiger partial charge on any atom is -0.494 e. The Kier molecular flexibility index (Phi) is 5.78. The molecule has 0 bridgehead atoms. The predicted molar refractivity (Wildman–Crippen MR) is 85.8 cm³/mol. The van der Waals surface area contributed by atoms with E-state index in [-0.39, 0.29) is 5.56 Å². The lowest BCUT2D eigenvalue weighted by Gasteiger charge is -2.11. The van der Waals surface area contributed by atoms with Crippen LogP contribution in [0.3, 0.4) is 0 Å². The second kappa shape index (κ2) is 8.01. The maximum Gasteiger partial charge on any atom is 0.266 e. The zero-order valence-corrected chi connectivity index (χ0v) is 13.1. The van der Waals surface area contributed by atoms with E-state index in [4.69, 9.17) is 19.5 Å². The lowest BCUT2D eigenvalue weighted by Crippen LogP contribution is -2.10. The molecule has 0 aliphatic rings. The molecule has 0 atom stereocenters. The maximum atomic E-state index is 11.8. The summed E-state index contributed by atoms with van der Waals surface area (Å²) in [6, 6.07) is 10.4. The van der Waals surface area contributed by atoms with Gasteiger partial charge < -0.3 is 19.2 Å². The number of ether oxygens (including phenoxy) is 3. The molecule has 2 rings (SSSR count). The van der Waals surface area contributed by atoms with Crippen LogP contribution in [0.5, 0.6) is 11.5 Å². The molecule has 1 aromatic heterocycles. The molecule has 2 aromatic rings. The molecular formula is C17H18N2O4. The normalized spacial score (nSPS) is 10.1. The first kappa shape index (κ1) is 16.6. The zero-order chi connectivity index (χ0) is 16.7. The average molecular weight is 314 g/mol. The lowest BCUT2D eigenvalue weighted by molar-refractivity contribution is 0.146. The minimum absolute atomic E-state index is 0.0753. The third kappa shape index (κ3) is 4.34. The van der Waals surface area contributed by atoms with Gasteiger partial charge in [-0.1, -0.05) is 0 Å². The van der Waals surface area contributed by atoms with Crippen LogP contribution < -0.4 is 15.0 Å². The Morgan fingerprint density at radius 3 is 2.48 bits per heavy atom. The molecule has 1 heterocycles. The molecule has 23 heavy (non-hydrogen) atoms. The van der Waals surface area contributed by atoms with Gasteiger partial charge in [-0.05, 0) is 31.2 Å². The molecule has 6 nitrogen and oxygen atoms in total. The number of pyridine rings is 1. The van der Waals surface area contributed by atoms with Crippen LogP contribution in [0.15, 0.2) is 35.1 Å². The summed E-state index contributed by atoms with van der Waals surface area (Å²) < 4.78 is 16.1. The first-order valence-corrected chi connectivity index (χ1v) is 7.21. The van der Waals surface area contributed by atoms with Gasteiger partial charge in [0.15, 0.2) is 0 Å². The van der Waals surface area contributed by atoms with Crippen molar-refractivity contribution in [3.8, 4) is 28.8 Å². The number of nitrogens with one attached hydrogen (secondary N) is 1. The van der Waals surface area contributed by atoms with E-state index in [2.05, 4.69) is 4.98 Å². The van der Waals surface area contributed by atoms with Crippen molar-refractivity contribution >= 4 is 0 Å². The second-order valence-electron chi connectivity index (χ2n) is 4.69. The Labute approximate surface area is 134 Å². The summed E-state index contributed by atoms with van der Waals surface area (Å²) in [7, 11) is 1.60. The fourth-order valence-corrected chi connectivity index (χ4v) is 2.03. The molecule has 0 saturated heterocycles. The molecule has 0 fully saturated rings. The molecule has 0 unspecified atom stereocenters. The van der Waals surface area contributed by atoms with Gasteiger partial charge in [0.25, 0.3) is 5.56 Å². The van der Waals surface area contributed by atoms with E-state index in [1.807, 2.05) is 19.1 Å². The van der Waals surface area contributed by atoms with E-state index in [1.165, 1.54) is 6.07 Å². The van der Waals surface area contributed by atoms with Gasteiger partial charge in [-0.15, -0.1) is 0 Å². The standard InChI is InChI=1S/C17H18N2O4/c1-3-22-14-8-13(9-15(10-14)23-7-6-21-2)16-5-4-12(11-18)17(20)19-16/h4-5,8-10H,3,6-7H2,1-2H3,(H,19,20). The van der Waals surface area contributed by atoms with Crippen LogP contribution in [0.1, 0.15) is 12.5 Å². The highest BCUT2D eigenvalue weighted by Crippen LogP contribution is 2.28. The lowest BCUT2D eigenvalue weighted by atomic mass is 10.1. The van der Waals surface area contributed by atoms with Crippen LogP contribution in [0.2, 0.25) is 0 Å². The van der Waals surface area contributed by atoms with E-state index in [0.717, 1.165) is 5.56 Å². The number of aromatic nitrogens is 1. The van der Waals surface area contributed by atoms with E-state index in [0.29, 0.717) is 37.0 Å². The van der Waals surface area contributed by atoms with Crippen molar-refractivity contribution in [2.45, 2.75) is 6.92 Å². The predicted octanol–water partition coefficient (Wildman–Crippen LogP) is 2.34. The maximum absolute atomic E-state index is 11.8. The second-order valence-corrected chi connectivity index (χ2v) is 4.69. The summed E-state index contributed by atoms with van der Waals surface area (Å²) in [6.07, 6.45) is 0. The van der Waals surface area contributed by atoms with Crippen LogP contribution in [0, 0.1) is 11.3 Å². The summed E-state index contributed by atoms with van der Waals surface area (Å²) >= 11 is 0. The van der Waals surface area contributed by atoms with Crippen molar-refractivity contribution in [3.63, 3.8) is 0 Å². The van der Waals surface area contributed by atoms with Crippen LogP contribution >= 0.6 is 0 Å². The highest BCUT2D eigenvalue weighted by atomic mass is 16.5. The van der Waals surface area contributed by atoms with Gasteiger partial charge in [-0.3, -0.25) is 4.79 Å². The van der Waals surface area contributed by atoms with E-state index >= 15 is 0 Å². The number of rotatable bonds is 7. The Morgan fingerprint density at radius 2 is 1.87 bits per heavy atom. The molecule has 1 aromatic carbocycles. The van der Waals surface area contributed by atoms with Crippen LogP contribution in [0.4, 0.5) is 0 Å². The molecule has 0 spiro atoms. The Bertz CT molecular complexity index is 762. The first-order valence-electron chi connectivity index (χ1n) is 7.21. The smallest absolute Gasteiger partial charge is 0.266 e. The van der Waals surface area contributed by atoms with Gasteiger partial charge in [0.05, 0.1) is 13.2 Å². The minimum atomic E-state index is -0.423. The molecule has 0 aliphatic heterocycles. The van der Waals surface area contributed by atoms with Crippen molar-refractivity contribution in [1.82, 2.24) is 4.98 Å².